The first kappa shape index (κ1) is 25.9. The van der Waals surface area contributed by atoms with Crippen molar-refractivity contribution in [1.82, 2.24) is 20.0 Å². The lowest BCUT2D eigenvalue weighted by molar-refractivity contribution is -0.120. The van der Waals surface area contributed by atoms with Gasteiger partial charge in [-0.05, 0) is 67.5 Å². The molecule has 2 aromatic heterocycles. The summed E-state index contributed by atoms with van der Waals surface area (Å²) >= 11 is 0. The highest BCUT2D eigenvalue weighted by atomic mass is 19.1. The van der Waals surface area contributed by atoms with Gasteiger partial charge >= 0.3 is 0 Å². The molecule has 7 heteroatoms. The molecular weight excluding hydrogens is 503 g/mol. The van der Waals surface area contributed by atoms with Crippen molar-refractivity contribution in [2.75, 3.05) is 0 Å². The number of nitrogens with zero attached hydrogens (tertiary/aromatic N) is 4. The molecule has 40 heavy (non-hydrogen) atoms. The number of rotatable bonds is 8. The fraction of sp³-hybridized carbons (Fsp3) is 0.273. The van der Waals surface area contributed by atoms with Crippen molar-refractivity contribution in [3.63, 3.8) is 0 Å². The van der Waals surface area contributed by atoms with Crippen molar-refractivity contribution in [2.24, 2.45) is 5.92 Å². The molecule has 202 valence electrons. The molecule has 6 rings (SSSR count). The van der Waals surface area contributed by atoms with Crippen LogP contribution in [0.1, 0.15) is 50.3 Å². The molecule has 2 unspecified atom stereocenters. The Balaban J connectivity index is 1.11. The average molecular weight is 535 g/mol. The second-order valence-electron chi connectivity index (χ2n) is 10.6. The van der Waals surface area contributed by atoms with Crippen LogP contribution in [0, 0.1) is 11.7 Å². The molecule has 0 aliphatic heterocycles. The van der Waals surface area contributed by atoms with E-state index < -0.39 is 0 Å². The van der Waals surface area contributed by atoms with E-state index in [9.17, 15) is 9.18 Å². The molecule has 0 radical (unpaired) electrons. The summed E-state index contributed by atoms with van der Waals surface area (Å²) in [6, 6.07) is 28.3. The van der Waals surface area contributed by atoms with Crippen molar-refractivity contribution in [1.29, 1.82) is 0 Å². The molecule has 3 aromatic carbocycles. The smallest absolute Gasteiger partial charge is 0.247 e. The summed E-state index contributed by atoms with van der Waals surface area (Å²) in [7, 11) is 0. The third-order valence-corrected chi connectivity index (χ3v) is 7.73. The second-order valence-corrected chi connectivity index (χ2v) is 10.6. The molecule has 2 heterocycles. The molecule has 1 saturated carbocycles. The van der Waals surface area contributed by atoms with Gasteiger partial charge in [0, 0.05) is 23.5 Å². The van der Waals surface area contributed by atoms with Gasteiger partial charge in [-0.15, -0.1) is 10.2 Å². The SMILES string of the molecule is O=C(CC1CCCC(c2nnc(-c3ccc(F)cc3)o2)CC1)Cn1nc(-c2ccccc2)cc1-c1ccccc1. The Labute approximate surface area is 232 Å². The van der Waals surface area contributed by atoms with E-state index in [1.54, 1.807) is 12.1 Å². The molecule has 1 fully saturated rings. The van der Waals surface area contributed by atoms with Gasteiger partial charge in [-0.1, -0.05) is 67.1 Å². The molecule has 0 bridgehead atoms. The molecule has 6 nitrogen and oxygen atoms in total. The molecule has 2 atom stereocenters. The van der Waals surface area contributed by atoms with E-state index in [0.29, 0.717) is 29.7 Å². The Morgan fingerprint density at radius 1 is 0.825 bits per heavy atom. The van der Waals surface area contributed by atoms with Gasteiger partial charge in [0.1, 0.15) is 12.4 Å². The predicted molar refractivity (Wildman–Crippen MR) is 152 cm³/mol. The zero-order valence-corrected chi connectivity index (χ0v) is 22.2. The summed E-state index contributed by atoms with van der Waals surface area (Å²) in [5.74, 6) is 1.43. The minimum atomic E-state index is -0.298. The Hall–Kier alpha value is -4.39. The van der Waals surface area contributed by atoms with E-state index in [1.165, 1.54) is 12.1 Å². The minimum Gasteiger partial charge on any atom is -0.420 e. The third-order valence-electron chi connectivity index (χ3n) is 7.73. The fourth-order valence-electron chi connectivity index (χ4n) is 5.62. The first-order valence-corrected chi connectivity index (χ1v) is 13.9. The first-order valence-electron chi connectivity index (χ1n) is 13.9. The van der Waals surface area contributed by atoms with Crippen molar-refractivity contribution >= 4 is 5.78 Å². The Kier molecular flexibility index (Phi) is 7.62. The first-order chi connectivity index (χ1) is 19.6. The third kappa shape index (κ3) is 5.93. The number of hydrogen-bond donors (Lipinski definition) is 0. The zero-order chi connectivity index (χ0) is 27.3. The zero-order valence-electron chi connectivity index (χ0n) is 22.2. The van der Waals surface area contributed by atoms with Gasteiger partial charge in [-0.25, -0.2) is 4.39 Å². The van der Waals surface area contributed by atoms with Crippen LogP contribution in [0.15, 0.2) is 95.4 Å². The lowest BCUT2D eigenvalue weighted by Gasteiger charge is -2.14. The number of carbonyl (C=O) groups excluding carboxylic acids is 1. The highest BCUT2D eigenvalue weighted by Gasteiger charge is 2.26. The van der Waals surface area contributed by atoms with E-state index >= 15 is 0 Å². The van der Waals surface area contributed by atoms with Crippen LogP contribution >= 0.6 is 0 Å². The van der Waals surface area contributed by atoms with Crippen LogP contribution < -0.4 is 0 Å². The molecule has 0 N–H and O–H groups in total. The van der Waals surface area contributed by atoms with Crippen LogP contribution in [-0.2, 0) is 11.3 Å². The molecule has 0 amide bonds. The molecule has 0 saturated heterocycles. The van der Waals surface area contributed by atoms with E-state index in [4.69, 9.17) is 9.52 Å². The largest absolute Gasteiger partial charge is 0.420 e. The van der Waals surface area contributed by atoms with Crippen LogP contribution in [-0.4, -0.2) is 25.8 Å². The van der Waals surface area contributed by atoms with Gasteiger partial charge in [0.05, 0.1) is 11.4 Å². The van der Waals surface area contributed by atoms with Crippen molar-refractivity contribution in [3.05, 3.63) is 103 Å². The quantitative estimate of drug-likeness (QED) is 0.191. The Bertz CT molecular complexity index is 1560. The van der Waals surface area contributed by atoms with Gasteiger partial charge in [0.2, 0.25) is 11.8 Å². The molecule has 5 aromatic rings. The monoisotopic (exact) mass is 534 g/mol. The number of hydrogen-bond acceptors (Lipinski definition) is 5. The van der Waals surface area contributed by atoms with Gasteiger partial charge in [-0.2, -0.15) is 5.10 Å². The predicted octanol–water partition coefficient (Wildman–Crippen LogP) is 7.73. The summed E-state index contributed by atoms with van der Waals surface area (Å²) in [4.78, 5) is 13.3. The Morgan fingerprint density at radius 3 is 2.30 bits per heavy atom. The van der Waals surface area contributed by atoms with Gasteiger partial charge in [0.15, 0.2) is 5.78 Å². The topological polar surface area (TPSA) is 73.8 Å². The summed E-state index contributed by atoms with van der Waals surface area (Å²) in [5.41, 5.74) is 4.60. The van der Waals surface area contributed by atoms with Crippen LogP contribution in [0.25, 0.3) is 34.0 Å². The van der Waals surface area contributed by atoms with E-state index in [2.05, 4.69) is 28.4 Å². The highest BCUT2D eigenvalue weighted by Crippen LogP contribution is 2.36. The van der Waals surface area contributed by atoms with Gasteiger partial charge in [0.25, 0.3) is 0 Å². The lowest BCUT2D eigenvalue weighted by Crippen LogP contribution is -2.16. The summed E-state index contributed by atoms with van der Waals surface area (Å²) in [5, 5.41) is 13.3. The number of aromatic nitrogens is 4. The van der Waals surface area contributed by atoms with Crippen molar-refractivity contribution in [3.8, 4) is 34.0 Å². The van der Waals surface area contributed by atoms with Gasteiger partial charge in [-0.3, -0.25) is 9.48 Å². The van der Waals surface area contributed by atoms with Crippen LogP contribution in [0.4, 0.5) is 4.39 Å². The standard InChI is InChI=1S/C33H31FN4O2/c34-28-18-16-27(17-19-28)33-36-35-32(40-33)26-13-7-8-23(14-15-26)20-29(39)22-38-31(25-11-5-2-6-12-25)21-30(37-38)24-9-3-1-4-10-24/h1-6,9-12,16-19,21,23,26H,7-8,13-15,20,22H2. The summed E-state index contributed by atoms with van der Waals surface area (Å²) in [6.07, 6.45) is 5.33. The van der Waals surface area contributed by atoms with E-state index in [1.807, 2.05) is 53.2 Å². The van der Waals surface area contributed by atoms with Crippen LogP contribution in [0.2, 0.25) is 0 Å². The number of carbonyl (C=O) groups is 1. The summed E-state index contributed by atoms with van der Waals surface area (Å²) < 4.78 is 21.1. The lowest BCUT2D eigenvalue weighted by atomic mass is 9.93. The molecular formula is C33H31FN4O2. The maximum Gasteiger partial charge on any atom is 0.247 e. The second kappa shape index (κ2) is 11.8. The average Bonchev–Trinajstić information content (AvgIpc) is 3.58. The number of halogens is 1. The summed E-state index contributed by atoms with van der Waals surface area (Å²) in [6.45, 7) is 0.252. The normalized spacial score (nSPS) is 17.4. The number of benzene rings is 3. The van der Waals surface area contributed by atoms with Crippen molar-refractivity contribution in [2.45, 2.75) is 51.0 Å². The molecule has 1 aliphatic rings. The van der Waals surface area contributed by atoms with Crippen LogP contribution in [0.3, 0.4) is 0 Å². The fourth-order valence-corrected chi connectivity index (χ4v) is 5.62. The molecule has 0 spiro atoms. The van der Waals surface area contributed by atoms with Crippen molar-refractivity contribution < 1.29 is 13.6 Å². The van der Waals surface area contributed by atoms with E-state index in [0.717, 1.165) is 54.6 Å². The number of ketones is 1. The van der Waals surface area contributed by atoms with E-state index in [-0.39, 0.29) is 24.1 Å². The van der Waals surface area contributed by atoms with Gasteiger partial charge < -0.3 is 4.42 Å². The Morgan fingerprint density at radius 2 is 1.55 bits per heavy atom. The maximum absolute atomic E-state index is 13.3. The van der Waals surface area contributed by atoms with Crippen LogP contribution in [0.5, 0.6) is 0 Å². The number of Topliss-reactive ketones (excluding diaryl/α,β-unsaturated/α-hetero) is 1. The maximum atomic E-state index is 13.3. The molecule has 1 aliphatic carbocycles. The highest BCUT2D eigenvalue weighted by molar-refractivity contribution is 5.80. The minimum absolute atomic E-state index is 0.172.